The Morgan fingerprint density at radius 1 is 1.25 bits per heavy atom. The second-order valence-electron chi connectivity index (χ2n) is 3.42. The first-order valence-electron chi connectivity index (χ1n) is 4.72. The smallest absolute Gasteiger partial charge is 0.166 e. The van der Waals surface area contributed by atoms with Crippen molar-refractivity contribution in [2.24, 2.45) is 7.05 Å². The maximum Gasteiger partial charge on any atom is 0.166 e. The van der Waals surface area contributed by atoms with E-state index in [-0.39, 0.29) is 5.15 Å². The van der Waals surface area contributed by atoms with Gasteiger partial charge in [-0.1, -0.05) is 53.5 Å². The van der Waals surface area contributed by atoms with Crippen LogP contribution in [0.25, 0.3) is 0 Å². The van der Waals surface area contributed by atoms with E-state index in [4.69, 9.17) is 23.2 Å². The Balaban J connectivity index is 2.42. The molecule has 0 radical (unpaired) electrons. The van der Waals surface area contributed by atoms with E-state index in [9.17, 15) is 5.11 Å². The standard InChI is InChI=1S/C11H10Cl2N2O/c1-15-10(13)9(12)14-11(15)8(16)7-5-3-2-4-6-7/h2-6,8,16H,1H3/t8-/m1/s1. The number of aromatic nitrogens is 2. The fourth-order valence-electron chi connectivity index (χ4n) is 1.49. The number of hydrogen-bond donors (Lipinski definition) is 1. The third kappa shape index (κ3) is 1.94. The fraction of sp³-hybridized carbons (Fsp3) is 0.182. The average molecular weight is 257 g/mol. The van der Waals surface area contributed by atoms with E-state index < -0.39 is 6.10 Å². The van der Waals surface area contributed by atoms with Crippen molar-refractivity contribution in [3.63, 3.8) is 0 Å². The molecule has 1 atom stereocenters. The molecule has 1 heterocycles. The average Bonchev–Trinajstić information content (AvgIpc) is 2.57. The van der Waals surface area contributed by atoms with Crippen LogP contribution in [-0.4, -0.2) is 14.7 Å². The minimum atomic E-state index is -0.823. The SMILES string of the molecule is Cn1c([C@H](O)c2ccccc2)nc(Cl)c1Cl. The van der Waals surface area contributed by atoms with Gasteiger partial charge in [-0.2, -0.15) is 0 Å². The van der Waals surface area contributed by atoms with Gasteiger partial charge in [0.05, 0.1) is 0 Å². The van der Waals surface area contributed by atoms with Gasteiger partial charge in [0.2, 0.25) is 0 Å². The van der Waals surface area contributed by atoms with Crippen LogP contribution in [0.15, 0.2) is 30.3 Å². The lowest BCUT2D eigenvalue weighted by atomic mass is 10.1. The minimum Gasteiger partial charge on any atom is -0.380 e. The number of aliphatic hydroxyl groups is 1. The van der Waals surface area contributed by atoms with Crippen LogP contribution in [0.1, 0.15) is 17.5 Å². The van der Waals surface area contributed by atoms with Crippen molar-refractivity contribution < 1.29 is 5.11 Å². The molecule has 5 heteroatoms. The molecule has 1 N–H and O–H groups in total. The summed E-state index contributed by atoms with van der Waals surface area (Å²) in [6.07, 6.45) is -0.823. The van der Waals surface area contributed by atoms with Gasteiger partial charge < -0.3 is 9.67 Å². The summed E-state index contributed by atoms with van der Waals surface area (Å²) in [5.41, 5.74) is 0.754. The largest absolute Gasteiger partial charge is 0.380 e. The van der Waals surface area contributed by atoms with Crippen molar-refractivity contribution in [2.75, 3.05) is 0 Å². The molecule has 0 spiro atoms. The molecule has 0 amide bonds. The Morgan fingerprint density at radius 3 is 2.38 bits per heavy atom. The van der Waals surface area contributed by atoms with Crippen molar-refractivity contribution in [3.8, 4) is 0 Å². The maximum absolute atomic E-state index is 10.1. The Bertz CT molecular complexity index is 496. The molecule has 84 valence electrons. The van der Waals surface area contributed by atoms with Crippen LogP contribution in [0, 0.1) is 0 Å². The minimum absolute atomic E-state index is 0.203. The number of aliphatic hydroxyl groups excluding tert-OH is 1. The summed E-state index contributed by atoms with van der Waals surface area (Å²) in [4.78, 5) is 4.03. The van der Waals surface area contributed by atoms with E-state index >= 15 is 0 Å². The monoisotopic (exact) mass is 256 g/mol. The zero-order valence-corrected chi connectivity index (χ0v) is 10.1. The van der Waals surface area contributed by atoms with Gasteiger partial charge in [0.1, 0.15) is 17.1 Å². The lowest BCUT2D eigenvalue weighted by molar-refractivity contribution is 0.206. The van der Waals surface area contributed by atoms with Gasteiger partial charge in [-0.25, -0.2) is 4.98 Å². The molecule has 2 rings (SSSR count). The van der Waals surface area contributed by atoms with E-state index in [0.717, 1.165) is 5.56 Å². The predicted molar refractivity (Wildman–Crippen MR) is 63.7 cm³/mol. The van der Waals surface area contributed by atoms with E-state index in [1.807, 2.05) is 30.3 Å². The van der Waals surface area contributed by atoms with Gasteiger partial charge in [-0.05, 0) is 5.56 Å². The van der Waals surface area contributed by atoms with E-state index in [0.29, 0.717) is 11.0 Å². The van der Waals surface area contributed by atoms with Gasteiger partial charge in [0.25, 0.3) is 0 Å². The van der Waals surface area contributed by atoms with Crippen LogP contribution in [0.5, 0.6) is 0 Å². The molecule has 0 fully saturated rings. The molecule has 16 heavy (non-hydrogen) atoms. The van der Waals surface area contributed by atoms with E-state index in [1.54, 1.807) is 11.6 Å². The van der Waals surface area contributed by atoms with Gasteiger partial charge in [0, 0.05) is 7.05 Å². The van der Waals surface area contributed by atoms with E-state index in [1.165, 1.54) is 0 Å². The Morgan fingerprint density at radius 2 is 1.88 bits per heavy atom. The Kier molecular flexibility index (Phi) is 3.19. The van der Waals surface area contributed by atoms with Crippen molar-refractivity contribution in [3.05, 3.63) is 52.0 Å². The van der Waals surface area contributed by atoms with Gasteiger partial charge >= 0.3 is 0 Å². The molecule has 0 saturated heterocycles. The summed E-state index contributed by atoms with van der Waals surface area (Å²) in [6, 6.07) is 9.23. The molecule has 0 aliphatic heterocycles. The summed E-state index contributed by atoms with van der Waals surface area (Å²) >= 11 is 11.7. The lowest BCUT2D eigenvalue weighted by Crippen LogP contribution is -2.07. The molecule has 3 nitrogen and oxygen atoms in total. The van der Waals surface area contributed by atoms with Crippen molar-refractivity contribution in [1.29, 1.82) is 0 Å². The number of nitrogens with zero attached hydrogens (tertiary/aromatic N) is 2. The van der Waals surface area contributed by atoms with Gasteiger partial charge in [-0.15, -0.1) is 0 Å². The summed E-state index contributed by atoms with van der Waals surface area (Å²) in [5.74, 6) is 0.432. The van der Waals surface area contributed by atoms with Crippen molar-refractivity contribution >= 4 is 23.2 Å². The van der Waals surface area contributed by atoms with Gasteiger partial charge in [0.15, 0.2) is 5.15 Å². The van der Waals surface area contributed by atoms with Crippen LogP contribution in [0.2, 0.25) is 10.3 Å². The van der Waals surface area contributed by atoms with Crippen molar-refractivity contribution in [2.45, 2.75) is 6.10 Å². The number of imidazole rings is 1. The second-order valence-corrected chi connectivity index (χ2v) is 4.14. The van der Waals surface area contributed by atoms with Crippen LogP contribution >= 0.6 is 23.2 Å². The van der Waals surface area contributed by atoms with Crippen LogP contribution in [0.4, 0.5) is 0 Å². The summed E-state index contributed by atoms with van der Waals surface area (Å²) in [6.45, 7) is 0. The number of benzene rings is 1. The zero-order valence-electron chi connectivity index (χ0n) is 8.56. The topological polar surface area (TPSA) is 38.0 Å². The Hall–Kier alpha value is -1.03. The first kappa shape index (κ1) is 11.5. The normalized spacial score (nSPS) is 12.8. The van der Waals surface area contributed by atoms with Crippen molar-refractivity contribution in [1.82, 2.24) is 9.55 Å². The van der Waals surface area contributed by atoms with Gasteiger partial charge in [-0.3, -0.25) is 0 Å². The molecule has 0 saturated carbocycles. The molecule has 0 aliphatic rings. The number of hydrogen-bond acceptors (Lipinski definition) is 2. The second kappa shape index (κ2) is 4.45. The summed E-state index contributed by atoms with van der Waals surface area (Å²) in [7, 11) is 1.71. The van der Waals surface area contributed by atoms with Crippen LogP contribution in [-0.2, 0) is 7.05 Å². The molecule has 0 aliphatic carbocycles. The van der Waals surface area contributed by atoms with Crippen LogP contribution in [0.3, 0.4) is 0 Å². The number of rotatable bonds is 2. The third-order valence-electron chi connectivity index (χ3n) is 2.38. The molecule has 0 unspecified atom stereocenters. The highest BCUT2D eigenvalue weighted by Gasteiger charge is 2.19. The predicted octanol–water partition coefficient (Wildman–Crippen LogP) is 2.81. The maximum atomic E-state index is 10.1. The lowest BCUT2D eigenvalue weighted by Gasteiger charge is -2.10. The van der Waals surface area contributed by atoms with Crippen LogP contribution < -0.4 is 0 Å². The zero-order chi connectivity index (χ0) is 11.7. The fourth-order valence-corrected chi connectivity index (χ4v) is 1.83. The third-order valence-corrected chi connectivity index (χ3v) is 3.17. The quantitative estimate of drug-likeness (QED) is 0.898. The highest BCUT2D eigenvalue weighted by atomic mass is 35.5. The summed E-state index contributed by atoms with van der Waals surface area (Å²) in [5, 5.41) is 10.6. The molecule has 1 aromatic carbocycles. The molecular formula is C11H10Cl2N2O. The molecular weight excluding hydrogens is 247 g/mol. The van der Waals surface area contributed by atoms with E-state index in [2.05, 4.69) is 4.98 Å². The highest BCUT2D eigenvalue weighted by molar-refractivity contribution is 6.40. The highest BCUT2D eigenvalue weighted by Crippen LogP contribution is 2.27. The first-order valence-corrected chi connectivity index (χ1v) is 5.47. The number of halogens is 2. The molecule has 2 aromatic rings. The molecule has 0 bridgehead atoms. The first-order chi connectivity index (χ1) is 7.61. The molecule has 1 aromatic heterocycles. The summed E-state index contributed by atoms with van der Waals surface area (Å²) < 4.78 is 1.57. The Labute approximate surface area is 103 Å².